The first-order valence-electron chi connectivity index (χ1n) is 6.62. The summed E-state index contributed by atoms with van der Waals surface area (Å²) in [5.41, 5.74) is 1.63. The molecule has 0 aliphatic rings. The molecular formula is C15H22ClNO2. The highest BCUT2D eigenvalue weighted by Gasteiger charge is 2.06. The van der Waals surface area contributed by atoms with Crippen molar-refractivity contribution in [2.75, 3.05) is 19.7 Å². The molecule has 1 rings (SSSR count). The number of nitrogens with one attached hydrogen (secondary N) is 1. The van der Waals surface area contributed by atoms with Crippen LogP contribution in [-0.2, 0) is 4.74 Å². The van der Waals surface area contributed by atoms with Crippen LogP contribution >= 0.6 is 11.6 Å². The van der Waals surface area contributed by atoms with Crippen molar-refractivity contribution in [3.63, 3.8) is 0 Å². The van der Waals surface area contributed by atoms with Gasteiger partial charge in [0.15, 0.2) is 5.78 Å². The first kappa shape index (κ1) is 16.2. The van der Waals surface area contributed by atoms with Crippen LogP contribution in [0.2, 0.25) is 5.02 Å². The van der Waals surface area contributed by atoms with Crippen LogP contribution in [0.1, 0.15) is 36.2 Å². The van der Waals surface area contributed by atoms with Crippen LogP contribution in [0.5, 0.6) is 0 Å². The minimum absolute atomic E-state index is 0.0875. The molecule has 0 aromatic heterocycles. The number of carbonyl (C=O) groups excluding carboxylic acids is 1. The van der Waals surface area contributed by atoms with Gasteiger partial charge in [-0.2, -0.15) is 0 Å². The summed E-state index contributed by atoms with van der Waals surface area (Å²) < 4.78 is 5.42. The Bertz CT molecular complexity index is 419. The maximum absolute atomic E-state index is 11.9. The quantitative estimate of drug-likeness (QED) is 0.588. The highest BCUT2D eigenvalue weighted by atomic mass is 35.5. The molecule has 0 aliphatic heterocycles. The molecule has 0 unspecified atom stereocenters. The van der Waals surface area contributed by atoms with Gasteiger partial charge in [0.2, 0.25) is 0 Å². The first-order valence-corrected chi connectivity index (χ1v) is 7.00. The summed E-state index contributed by atoms with van der Waals surface area (Å²) in [6, 6.07) is 5.36. The maximum atomic E-state index is 11.9. The number of aryl methyl sites for hydroxylation is 1. The van der Waals surface area contributed by atoms with Gasteiger partial charge in [-0.05, 0) is 57.5 Å². The number of halogens is 1. The lowest BCUT2D eigenvalue weighted by Gasteiger charge is -2.08. The van der Waals surface area contributed by atoms with Crippen molar-refractivity contribution in [3.05, 3.63) is 34.3 Å². The van der Waals surface area contributed by atoms with Gasteiger partial charge in [-0.15, -0.1) is 0 Å². The summed E-state index contributed by atoms with van der Waals surface area (Å²) in [5, 5.41) is 3.82. The van der Waals surface area contributed by atoms with Crippen molar-refractivity contribution in [1.82, 2.24) is 5.32 Å². The second-order valence-corrected chi connectivity index (χ2v) is 5.24. The van der Waals surface area contributed by atoms with Gasteiger partial charge >= 0.3 is 0 Å². The molecule has 0 saturated carbocycles. The monoisotopic (exact) mass is 283 g/mol. The Hall–Kier alpha value is -0.900. The summed E-state index contributed by atoms with van der Waals surface area (Å²) in [4.78, 5) is 11.9. The van der Waals surface area contributed by atoms with E-state index in [2.05, 4.69) is 5.32 Å². The van der Waals surface area contributed by atoms with Crippen LogP contribution in [0, 0.1) is 6.92 Å². The zero-order valence-electron chi connectivity index (χ0n) is 11.8. The number of hydrogen-bond acceptors (Lipinski definition) is 3. The Morgan fingerprint density at radius 2 is 2.16 bits per heavy atom. The summed E-state index contributed by atoms with van der Waals surface area (Å²) in [5.74, 6) is 0.0875. The van der Waals surface area contributed by atoms with E-state index >= 15 is 0 Å². The van der Waals surface area contributed by atoms with Gasteiger partial charge in [0.05, 0.1) is 12.6 Å². The average Bonchev–Trinajstić information content (AvgIpc) is 2.36. The zero-order chi connectivity index (χ0) is 14.3. The third-order valence-electron chi connectivity index (χ3n) is 2.71. The van der Waals surface area contributed by atoms with E-state index < -0.39 is 0 Å². The summed E-state index contributed by atoms with van der Waals surface area (Å²) in [6.07, 6.45) is 1.17. The van der Waals surface area contributed by atoms with E-state index in [9.17, 15) is 4.79 Å². The molecule has 106 valence electrons. The van der Waals surface area contributed by atoms with Crippen LogP contribution in [-0.4, -0.2) is 31.6 Å². The summed E-state index contributed by atoms with van der Waals surface area (Å²) >= 11 is 5.93. The Morgan fingerprint density at radius 1 is 1.42 bits per heavy atom. The van der Waals surface area contributed by atoms with E-state index in [0.717, 1.165) is 25.1 Å². The van der Waals surface area contributed by atoms with Gasteiger partial charge in [0.25, 0.3) is 0 Å². The van der Waals surface area contributed by atoms with Gasteiger partial charge in [0.1, 0.15) is 0 Å². The normalized spacial score (nSPS) is 11.0. The molecule has 1 aromatic carbocycles. The number of ether oxygens (including phenoxy) is 1. The molecule has 0 aliphatic carbocycles. The Kier molecular flexibility index (Phi) is 7.06. The third-order valence-corrected chi connectivity index (χ3v) is 3.14. The smallest absolute Gasteiger partial charge is 0.176 e. The van der Waals surface area contributed by atoms with Crippen LogP contribution in [0.25, 0.3) is 0 Å². The number of rotatable bonds is 8. The molecule has 19 heavy (non-hydrogen) atoms. The zero-order valence-corrected chi connectivity index (χ0v) is 12.6. The highest BCUT2D eigenvalue weighted by molar-refractivity contribution is 6.31. The summed E-state index contributed by atoms with van der Waals surface area (Å²) in [7, 11) is 0. The molecule has 0 atom stereocenters. The summed E-state index contributed by atoms with van der Waals surface area (Å²) in [6.45, 7) is 7.78. The van der Waals surface area contributed by atoms with Crippen molar-refractivity contribution in [2.45, 2.75) is 33.3 Å². The molecule has 0 saturated heterocycles. The molecule has 1 N–H and O–H groups in total. The predicted molar refractivity (Wildman–Crippen MR) is 79.1 cm³/mol. The van der Waals surface area contributed by atoms with Crippen molar-refractivity contribution >= 4 is 17.4 Å². The van der Waals surface area contributed by atoms with Crippen molar-refractivity contribution in [2.24, 2.45) is 0 Å². The van der Waals surface area contributed by atoms with Gasteiger partial charge in [0, 0.05) is 17.2 Å². The minimum atomic E-state index is 0.0875. The van der Waals surface area contributed by atoms with Gasteiger partial charge in [-0.3, -0.25) is 4.79 Å². The molecule has 0 fully saturated rings. The number of ketones is 1. The van der Waals surface area contributed by atoms with E-state index in [1.54, 1.807) is 12.1 Å². The molecule has 4 heteroatoms. The molecule has 0 spiro atoms. The van der Waals surface area contributed by atoms with E-state index in [0.29, 0.717) is 17.1 Å². The van der Waals surface area contributed by atoms with Crippen LogP contribution in [0.4, 0.5) is 0 Å². The molecule has 0 radical (unpaired) electrons. The van der Waals surface area contributed by atoms with Crippen LogP contribution in [0.15, 0.2) is 18.2 Å². The SMILES string of the molecule is Cc1cc(C(=O)CNCCCOC(C)C)ccc1Cl. The topological polar surface area (TPSA) is 38.3 Å². The lowest BCUT2D eigenvalue weighted by atomic mass is 10.1. The van der Waals surface area contributed by atoms with Gasteiger partial charge in [-0.25, -0.2) is 0 Å². The lowest BCUT2D eigenvalue weighted by molar-refractivity contribution is 0.0767. The van der Waals surface area contributed by atoms with E-state index in [-0.39, 0.29) is 11.9 Å². The van der Waals surface area contributed by atoms with Crippen LogP contribution in [0.3, 0.4) is 0 Å². The molecular weight excluding hydrogens is 262 g/mol. The van der Waals surface area contributed by atoms with E-state index in [1.807, 2.05) is 26.8 Å². The fourth-order valence-corrected chi connectivity index (χ4v) is 1.76. The van der Waals surface area contributed by atoms with Crippen LogP contribution < -0.4 is 5.32 Å². The van der Waals surface area contributed by atoms with Crippen molar-refractivity contribution in [1.29, 1.82) is 0 Å². The molecule has 3 nitrogen and oxygen atoms in total. The minimum Gasteiger partial charge on any atom is -0.379 e. The molecule has 0 heterocycles. The number of hydrogen-bond donors (Lipinski definition) is 1. The molecule has 0 bridgehead atoms. The maximum Gasteiger partial charge on any atom is 0.176 e. The lowest BCUT2D eigenvalue weighted by Crippen LogP contribution is -2.25. The average molecular weight is 284 g/mol. The molecule has 0 amide bonds. The van der Waals surface area contributed by atoms with E-state index in [1.165, 1.54) is 0 Å². The Morgan fingerprint density at radius 3 is 2.79 bits per heavy atom. The number of Topliss-reactive ketones (excluding diaryl/α,β-unsaturated/α-hetero) is 1. The first-order chi connectivity index (χ1) is 9.00. The fraction of sp³-hybridized carbons (Fsp3) is 0.533. The second-order valence-electron chi connectivity index (χ2n) is 4.84. The predicted octanol–water partition coefficient (Wildman–Crippen LogP) is 3.24. The second kappa shape index (κ2) is 8.31. The fourth-order valence-electron chi connectivity index (χ4n) is 1.64. The highest BCUT2D eigenvalue weighted by Crippen LogP contribution is 2.16. The third kappa shape index (κ3) is 6.19. The number of carbonyl (C=O) groups is 1. The van der Waals surface area contributed by atoms with Crippen molar-refractivity contribution in [3.8, 4) is 0 Å². The van der Waals surface area contributed by atoms with Gasteiger partial charge in [-0.1, -0.05) is 11.6 Å². The Labute approximate surface area is 120 Å². The number of benzene rings is 1. The molecule has 1 aromatic rings. The van der Waals surface area contributed by atoms with Gasteiger partial charge < -0.3 is 10.1 Å². The van der Waals surface area contributed by atoms with Crippen molar-refractivity contribution < 1.29 is 9.53 Å². The largest absolute Gasteiger partial charge is 0.379 e. The van der Waals surface area contributed by atoms with E-state index in [4.69, 9.17) is 16.3 Å². The standard InChI is InChI=1S/C15H22ClNO2/c1-11(2)19-8-4-7-17-10-15(18)13-5-6-14(16)12(3)9-13/h5-6,9,11,17H,4,7-8,10H2,1-3H3. The Balaban J connectivity index is 2.26.